The van der Waals surface area contributed by atoms with Crippen molar-refractivity contribution in [2.45, 2.75) is 0 Å². The third-order valence-electron chi connectivity index (χ3n) is 1.95. The Kier molecular flexibility index (Phi) is 3.13. The van der Waals surface area contributed by atoms with Gasteiger partial charge in [0.2, 0.25) is 0 Å². The van der Waals surface area contributed by atoms with E-state index in [-0.39, 0.29) is 13.2 Å². The minimum Gasteiger partial charge on any atom is -0.443 e. The fraction of sp³-hybridized carbons (Fsp3) is 0.200. The molecule has 0 fully saturated rings. The highest BCUT2D eigenvalue weighted by Crippen LogP contribution is 2.13. The molecule has 6 heteroatoms. The molecule has 0 unspecified atom stereocenters. The maximum Gasteiger partial charge on any atom is 0.274 e. The molecule has 1 heterocycles. The molecule has 1 aromatic carbocycles. The van der Waals surface area contributed by atoms with Gasteiger partial charge in [0.1, 0.15) is 5.52 Å². The van der Waals surface area contributed by atoms with E-state index in [0.717, 1.165) is 0 Å². The van der Waals surface area contributed by atoms with Crippen LogP contribution in [0.3, 0.4) is 0 Å². The topological polar surface area (TPSA) is 84.6 Å². The summed E-state index contributed by atoms with van der Waals surface area (Å²) >= 11 is 0. The van der Waals surface area contributed by atoms with Gasteiger partial charge in [0.25, 0.3) is 5.91 Å². The van der Waals surface area contributed by atoms with Crippen molar-refractivity contribution < 1.29 is 19.2 Å². The van der Waals surface area contributed by atoms with Crippen molar-refractivity contribution in [3.05, 3.63) is 30.2 Å². The molecule has 1 aromatic heterocycles. The Bertz CT molecular complexity index is 494. The Labute approximate surface area is 90.8 Å². The number of nitrogens with one attached hydrogen (secondary N) is 1. The van der Waals surface area contributed by atoms with Crippen molar-refractivity contribution in [3.8, 4) is 0 Å². The molecule has 2 aromatic rings. The highest BCUT2D eigenvalue weighted by Gasteiger charge is 2.07. The Balaban J connectivity index is 2.10. The van der Waals surface area contributed by atoms with Crippen LogP contribution in [0.5, 0.6) is 0 Å². The fourth-order valence-corrected chi connectivity index (χ4v) is 1.22. The number of rotatable bonds is 4. The molecule has 0 spiro atoms. The molecule has 0 aliphatic carbocycles. The summed E-state index contributed by atoms with van der Waals surface area (Å²) in [5, 5.41) is 8.46. The van der Waals surface area contributed by atoms with E-state index >= 15 is 0 Å². The van der Waals surface area contributed by atoms with Crippen LogP contribution in [0, 0.1) is 0 Å². The van der Waals surface area contributed by atoms with Crippen LogP contribution in [0.15, 0.2) is 29.0 Å². The lowest BCUT2D eigenvalue weighted by molar-refractivity contribution is 0.0168. The van der Waals surface area contributed by atoms with Gasteiger partial charge in [-0.2, -0.15) is 0 Å². The van der Waals surface area contributed by atoms with Crippen molar-refractivity contribution >= 4 is 17.0 Å². The lowest BCUT2D eigenvalue weighted by atomic mass is 10.2. The van der Waals surface area contributed by atoms with Gasteiger partial charge < -0.3 is 9.52 Å². The van der Waals surface area contributed by atoms with Crippen LogP contribution in [0.4, 0.5) is 0 Å². The Hall–Kier alpha value is -1.92. The number of aromatic nitrogens is 1. The Morgan fingerprint density at radius 1 is 1.56 bits per heavy atom. The molecule has 0 saturated heterocycles. The minimum absolute atomic E-state index is 0.0519. The summed E-state index contributed by atoms with van der Waals surface area (Å²) in [5.41, 5.74) is 3.83. The first-order valence-corrected chi connectivity index (χ1v) is 4.67. The van der Waals surface area contributed by atoms with Gasteiger partial charge in [0.15, 0.2) is 12.0 Å². The van der Waals surface area contributed by atoms with E-state index in [4.69, 9.17) is 14.4 Å². The van der Waals surface area contributed by atoms with E-state index in [1.165, 1.54) is 6.39 Å². The summed E-state index contributed by atoms with van der Waals surface area (Å²) < 4.78 is 5.06. The van der Waals surface area contributed by atoms with Gasteiger partial charge in [-0.25, -0.2) is 10.5 Å². The van der Waals surface area contributed by atoms with E-state index in [0.29, 0.717) is 16.7 Å². The second kappa shape index (κ2) is 4.73. The summed E-state index contributed by atoms with van der Waals surface area (Å²) in [4.78, 5) is 20.1. The maximum atomic E-state index is 11.5. The Morgan fingerprint density at radius 2 is 2.44 bits per heavy atom. The molecule has 0 aliphatic heterocycles. The monoisotopic (exact) mass is 222 g/mol. The molecule has 0 radical (unpaired) electrons. The number of oxazole rings is 1. The van der Waals surface area contributed by atoms with Gasteiger partial charge in [0, 0.05) is 5.56 Å². The molecule has 2 rings (SSSR count). The largest absolute Gasteiger partial charge is 0.443 e. The molecular formula is C10H10N2O4. The van der Waals surface area contributed by atoms with Gasteiger partial charge in [-0.05, 0) is 18.2 Å². The summed E-state index contributed by atoms with van der Waals surface area (Å²) in [6.07, 6.45) is 1.31. The molecule has 16 heavy (non-hydrogen) atoms. The van der Waals surface area contributed by atoms with E-state index < -0.39 is 5.91 Å². The third-order valence-corrected chi connectivity index (χ3v) is 1.95. The van der Waals surface area contributed by atoms with Gasteiger partial charge in [-0.15, -0.1) is 0 Å². The predicted molar refractivity (Wildman–Crippen MR) is 54.5 cm³/mol. The zero-order chi connectivity index (χ0) is 11.4. The van der Waals surface area contributed by atoms with E-state index in [1.54, 1.807) is 18.2 Å². The summed E-state index contributed by atoms with van der Waals surface area (Å²) in [6, 6.07) is 4.86. The van der Waals surface area contributed by atoms with Crippen LogP contribution in [0.25, 0.3) is 11.1 Å². The highest BCUT2D eigenvalue weighted by atomic mass is 16.7. The summed E-state index contributed by atoms with van der Waals surface area (Å²) in [6.45, 7) is -0.0995. The van der Waals surface area contributed by atoms with Gasteiger partial charge >= 0.3 is 0 Å². The second-order valence-electron chi connectivity index (χ2n) is 3.04. The molecule has 0 bridgehead atoms. The first kappa shape index (κ1) is 10.6. The number of amides is 1. The molecule has 84 valence electrons. The number of fused-ring (bicyclic) bond motifs is 1. The number of aliphatic hydroxyl groups excluding tert-OH is 1. The maximum absolute atomic E-state index is 11.5. The van der Waals surface area contributed by atoms with Crippen molar-refractivity contribution in [1.82, 2.24) is 10.5 Å². The minimum atomic E-state index is -0.397. The van der Waals surface area contributed by atoms with E-state index in [2.05, 4.69) is 10.5 Å². The van der Waals surface area contributed by atoms with Crippen molar-refractivity contribution in [1.29, 1.82) is 0 Å². The number of hydrogen-bond acceptors (Lipinski definition) is 5. The van der Waals surface area contributed by atoms with Crippen molar-refractivity contribution in [2.24, 2.45) is 0 Å². The van der Waals surface area contributed by atoms with Gasteiger partial charge in [0.05, 0.1) is 13.2 Å². The standard InChI is InChI=1S/C10H10N2O4/c13-3-4-16-12-10(14)7-1-2-8-9(5-7)15-6-11-8/h1-2,5-6,13H,3-4H2,(H,12,14). The number of hydrogen-bond donors (Lipinski definition) is 2. The van der Waals surface area contributed by atoms with Crippen molar-refractivity contribution in [2.75, 3.05) is 13.2 Å². The zero-order valence-corrected chi connectivity index (χ0v) is 8.34. The van der Waals surface area contributed by atoms with Crippen LogP contribution in [0.1, 0.15) is 10.4 Å². The van der Waals surface area contributed by atoms with E-state index in [9.17, 15) is 4.79 Å². The number of benzene rings is 1. The first-order chi connectivity index (χ1) is 7.81. The SMILES string of the molecule is O=C(NOCCO)c1ccc2ncoc2c1. The quantitative estimate of drug-likeness (QED) is 0.580. The fourth-order valence-electron chi connectivity index (χ4n) is 1.22. The van der Waals surface area contributed by atoms with Crippen LogP contribution < -0.4 is 5.48 Å². The second-order valence-corrected chi connectivity index (χ2v) is 3.04. The average Bonchev–Trinajstić information content (AvgIpc) is 2.76. The van der Waals surface area contributed by atoms with Crippen LogP contribution >= 0.6 is 0 Å². The summed E-state index contributed by atoms with van der Waals surface area (Å²) in [5.74, 6) is -0.397. The van der Waals surface area contributed by atoms with Gasteiger partial charge in [-0.1, -0.05) is 0 Å². The molecule has 1 amide bonds. The number of carbonyl (C=O) groups excluding carboxylic acids is 1. The van der Waals surface area contributed by atoms with Crippen LogP contribution in [-0.4, -0.2) is 29.2 Å². The molecule has 0 saturated carbocycles. The molecule has 6 nitrogen and oxygen atoms in total. The number of nitrogens with zero attached hydrogens (tertiary/aromatic N) is 1. The Morgan fingerprint density at radius 3 is 3.25 bits per heavy atom. The number of hydroxylamine groups is 1. The normalized spacial score (nSPS) is 10.6. The van der Waals surface area contributed by atoms with Crippen molar-refractivity contribution in [3.63, 3.8) is 0 Å². The lowest BCUT2D eigenvalue weighted by Gasteiger charge is -2.03. The summed E-state index contributed by atoms with van der Waals surface area (Å²) in [7, 11) is 0. The van der Waals surface area contributed by atoms with Crippen LogP contribution in [0.2, 0.25) is 0 Å². The first-order valence-electron chi connectivity index (χ1n) is 4.67. The third kappa shape index (κ3) is 2.18. The van der Waals surface area contributed by atoms with Crippen LogP contribution in [-0.2, 0) is 4.84 Å². The number of aliphatic hydroxyl groups is 1. The molecule has 2 N–H and O–H groups in total. The van der Waals surface area contributed by atoms with Gasteiger partial charge in [-0.3, -0.25) is 9.63 Å². The molecule has 0 aliphatic rings. The number of carbonyl (C=O) groups is 1. The zero-order valence-electron chi connectivity index (χ0n) is 8.34. The lowest BCUT2D eigenvalue weighted by Crippen LogP contribution is -2.25. The smallest absolute Gasteiger partial charge is 0.274 e. The average molecular weight is 222 g/mol. The molecule has 0 atom stereocenters. The van der Waals surface area contributed by atoms with E-state index in [1.807, 2.05) is 0 Å². The molecular weight excluding hydrogens is 212 g/mol. The predicted octanol–water partition coefficient (Wildman–Crippen LogP) is 0.481. The highest BCUT2D eigenvalue weighted by molar-refractivity contribution is 5.96.